The van der Waals surface area contributed by atoms with Gasteiger partial charge in [0.05, 0.1) is 29.6 Å². The largest absolute Gasteiger partial charge is 0.465 e. The lowest BCUT2D eigenvalue weighted by Gasteiger charge is -2.37. The summed E-state index contributed by atoms with van der Waals surface area (Å²) in [6.45, 7) is 4.56. The lowest BCUT2D eigenvalue weighted by molar-refractivity contribution is 0.0598. The van der Waals surface area contributed by atoms with Crippen LogP contribution in [0.4, 0.5) is 0 Å². The summed E-state index contributed by atoms with van der Waals surface area (Å²) in [6.07, 6.45) is 3.35. The van der Waals surface area contributed by atoms with Crippen LogP contribution < -0.4 is 5.32 Å². The first-order valence-electron chi connectivity index (χ1n) is 8.28. The van der Waals surface area contributed by atoms with E-state index >= 15 is 0 Å². The van der Waals surface area contributed by atoms with Crippen LogP contribution >= 0.6 is 0 Å². The Morgan fingerprint density at radius 3 is 2.83 bits per heavy atom. The molecule has 2 aliphatic rings. The van der Waals surface area contributed by atoms with Gasteiger partial charge >= 0.3 is 5.97 Å². The molecule has 6 heteroatoms. The minimum absolute atomic E-state index is 0.00143. The molecular formula is C17H23N3O3. The van der Waals surface area contributed by atoms with Crippen LogP contribution in [0.5, 0.6) is 0 Å². The zero-order valence-corrected chi connectivity index (χ0v) is 13.7. The van der Waals surface area contributed by atoms with Gasteiger partial charge in [-0.15, -0.1) is 0 Å². The highest BCUT2D eigenvalue weighted by atomic mass is 16.5. The smallest absolute Gasteiger partial charge is 0.339 e. The first-order valence-corrected chi connectivity index (χ1v) is 8.28. The summed E-state index contributed by atoms with van der Waals surface area (Å²) in [5.74, 6) is -0.428. The van der Waals surface area contributed by atoms with Crippen LogP contribution in [-0.2, 0) is 17.6 Å². The highest BCUT2D eigenvalue weighted by Crippen LogP contribution is 2.25. The van der Waals surface area contributed by atoms with Gasteiger partial charge in [-0.05, 0) is 38.4 Å². The van der Waals surface area contributed by atoms with Crippen molar-refractivity contribution in [1.82, 2.24) is 15.2 Å². The van der Waals surface area contributed by atoms with Gasteiger partial charge in [0.15, 0.2) is 0 Å². The summed E-state index contributed by atoms with van der Waals surface area (Å²) in [4.78, 5) is 31.4. The molecule has 6 nitrogen and oxygen atoms in total. The summed E-state index contributed by atoms with van der Waals surface area (Å²) >= 11 is 0. The highest BCUT2D eigenvalue weighted by molar-refractivity contribution is 6.00. The standard InChI is InChI=1S/C17H23N3O3/c1-3-14-13(17(22)23-2)10-12-15(19-14)6-9-20(16(12)21)11-4-7-18-8-5-11/h10-11,18H,3-9H2,1-2H3. The number of hydrogen-bond acceptors (Lipinski definition) is 5. The Labute approximate surface area is 136 Å². The Balaban J connectivity index is 1.94. The predicted molar refractivity (Wildman–Crippen MR) is 85.6 cm³/mol. The molecule has 1 aromatic heterocycles. The van der Waals surface area contributed by atoms with E-state index in [0.29, 0.717) is 29.8 Å². The minimum atomic E-state index is -0.427. The maximum atomic E-state index is 12.9. The zero-order valence-electron chi connectivity index (χ0n) is 13.7. The highest BCUT2D eigenvalue weighted by Gasteiger charge is 2.32. The maximum Gasteiger partial charge on any atom is 0.339 e. The zero-order chi connectivity index (χ0) is 16.4. The molecule has 0 aliphatic carbocycles. The number of aromatic nitrogens is 1. The predicted octanol–water partition coefficient (Wildman–Crippen LogP) is 1.18. The summed E-state index contributed by atoms with van der Waals surface area (Å²) in [5, 5.41) is 3.32. The molecule has 1 amide bonds. The molecule has 0 bridgehead atoms. The van der Waals surface area contributed by atoms with Crippen molar-refractivity contribution in [3.05, 3.63) is 28.6 Å². The number of amides is 1. The molecule has 2 aliphatic heterocycles. The molecule has 0 spiro atoms. The second kappa shape index (κ2) is 6.66. The van der Waals surface area contributed by atoms with Crippen molar-refractivity contribution in [3.8, 4) is 0 Å². The molecular weight excluding hydrogens is 294 g/mol. The van der Waals surface area contributed by atoms with Crippen LogP contribution in [0.3, 0.4) is 0 Å². The van der Waals surface area contributed by atoms with Gasteiger partial charge in [-0.2, -0.15) is 0 Å². The molecule has 0 unspecified atom stereocenters. The second-order valence-corrected chi connectivity index (χ2v) is 6.05. The van der Waals surface area contributed by atoms with Crippen molar-refractivity contribution in [1.29, 1.82) is 0 Å². The van der Waals surface area contributed by atoms with E-state index in [9.17, 15) is 9.59 Å². The molecule has 1 N–H and O–H groups in total. The Morgan fingerprint density at radius 2 is 2.17 bits per heavy atom. The number of methoxy groups -OCH3 is 1. The Bertz CT molecular complexity index is 624. The molecule has 124 valence electrons. The van der Waals surface area contributed by atoms with Crippen molar-refractivity contribution >= 4 is 11.9 Å². The van der Waals surface area contributed by atoms with E-state index in [1.165, 1.54) is 7.11 Å². The number of ether oxygens (including phenoxy) is 1. The summed E-state index contributed by atoms with van der Waals surface area (Å²) in [7, 11) is 1.35. The third-order valence-corrected chi connectivity index (χ3v) is 4.75. The van der Waals surface area contributed by atoms with Gasteiger partial charge < -0.3 is 15.0 Å². The van der Waals surface area contributed by atoms with E-state index in [1.54, 1.807) is 6.07 Å². The number of piperidine rings is 1. The average Bonchev–Trinajstić information content (AvgIpc) is 2.61. The number of nitrogens with zero attached hydrogens (tertiary/aromatic N) is 2. The molecule has 1 fully saturated rings. The topological polar surface area (TPSA) is 71.5 Å². The second-order valence-electron chi connectivity index (χ2n) is 6.05. The molecule has 0 radical (unpaired) electrons. The fourth-order valence-corrected chi connectivity index (χ4v) is 3.48. The van der Waals surface area contributed by atoms with Crippen LogP contribution in [-0.4, -0.2) is 54.5 Å². The third-order valence-electron chi connectivity index (χ3n) is 4.75. The number of nitrogens with one attached hydrogen (secondary N) is 1. The number of hydrogen-bond donors (Lipinski definition) is 1. The summed E-state index contributed by atoms with van der Waals surface area (Å²) in [6, 6.07) is 1.96. The van der Waals surface area contributed by atoms with Crippen molar-refractivity contribution in [2.24, 2.45) is 0 Å². The molecule has 0 aromatic carbocycles. The number of carbonyl (C=O) groups excluding carboxylic acids is 2. The number of carbonyl (C=O) groups is 2. The van der Waals surface area contributed by atoms with Crippen LogP contribution in [0.2, 0.25) is 0 Å². The molecule has 3 heterocycles. The van der Waals surface area contributed by atoms with Crippen molar-refractivity contribution in [3.63, 3.8) is 0 Å². The van der Waals surface area contributed by atoms with Gasteiger partial charge in [-0.1, -0.05) is 6.92 Å². The fourth-order valence-electron chi connectivity index (χ4n) is 3.48. The Kier molecular flexibility index (Phi) is 4.61. The van der Waals surface area contributed by atoms with Crippen molar-refractivity contribution < 1.29 is 14.3 Å². The average molecular weight is 317 g/mol. The molecule has 0 atom stereocenters. The normalized spacial score (nSPS) is 18.7. The van der Waals surface area contributed by atoms with Crippen LogP contribution in [0.25, 0.3) is 0 Å². The van der Waals surface area contributed by atoms with E-state index in [1.807, 2.05) is 11.8 Å². The first-order chi connectivity index (χ1) is 11.2. The fraction of sp³-hybridized carbons (Fsp3) is 0.588. The Hall–Kier alpha value is -1.95. The van der Waals surface area contributed by atoms with Gasteiger partial charge in [-0.25, -0.2) is 4.79 Å². The van der Waals surface area contributed by atoms with Gasteiger partial charge in [0.2, 0.25) is 0 Å². The molecule has 23 heavy (non-hydrogen) atoms. The van der Waals surface area contributed by atoms with Crippen molar-refractivity contribution in [2.45, 2.75) is 38.6 Å². The van der Waals surface area contributed by atoms with E-state index in [-0.39, 0.29) is 11.9 Å². The van der Waals surface area contributed by atoms with Crippen LogP contribution in [0, 0.1) is 0 Å². The third kappa shape index (κ3) is 2.95. The lowest BCUT2D eigenvalue weighted by Crippen LogP contribution is -2.49. The van der Waals surface area contributed by atoms with Gasteiger partial charge in [0.1, 0.15) is 0 Å². The van der Waals surface area contributed by atoms with E-state index in [2.05, 4.69) is 10.3 Å². The van der Waals surface area contributed by atoms with Gasteiger partial charge in [0.25, 0.3) is 5.91 Å². The molecule has 0 saturated carbocycles. The quantitative estimate of drug-likeness (QED) is 0.848. The van der Waals surface area contributed by atoms with E-state index < -0.39 is 5.97 Å². The number of esters is 1. The molecule has 1 aromatic rings. The van der Waals surface area contributed by atoms with E-state index in [4.69, 9.17) is 4.74 Å². The van der Waals surface area contributed by atoms with Crippen LogP contribution in [0.1, 0.15) is 51.9 Å². The van der Waals surface area contributed by atoms with E-state index in [0.717, 1.165) is 38.0 Å². The molecule has 1 saturated heterocycles. The molecule has 3 rings (SSSR count). The van der Waals surface area contributed by atoms with Gasteiger partial charge in [0, 0.05) is 19.0 Å². The number of fused-ring (bicyclic) bond motifs is 1. The first kappa shape index (κ1) is 15.9. The number of rotatable bonds is 3. The Morgan fingerprint density at radius 1 is 1.43 bits per heavy atom. The number of aryl methyl sites for hydroxylation is 1. The lowest BCUT2D eigenvalue weighted by atomic mass is 9.96. The van der Waals surface area contributed by atoms with Crippen molar-refractivity contribution in [2.75, 3.05) is 26.7 Å². The SMILES string of the molecule is CCc1nc2c(cc1C(=O)OC)C(=O)N(C1CCNCC1)CC2. The van der Waals surface area contributed by atoms with Gasteiger partial charge in [-0.3, -0.25) is 9.78 Å². The van der Waals surface area contributed by atoms with Crippen LogP contribution in [0.15, 0.2) is 6.07 Å². The minimum Gasteiger partial charge on any atom is -0.465 e. The summed E-state index contributed by atoms with van der Waals surface area (Å²) in [5.41, 5.74) is 2.49. The maximum absolute atomic E-state index is 12.9. The summed E-state index contributed by atoms with van der Waals surface area (Å²) < 4.78 is 4.84. The monoisotopic (exact) mass is 317 g/mol. The number of pyridine rings is 1.